The molecule has 8 heteroatoms. The van der Waals surface area contributed by atoms with Crippen LogP contribution in [0, 0.1) is 0 Å². The third-order valence-corrected chi connectivity index (χ3v) is 8.01. The molecule has 0 spiro atoms. The van der Waals surface area contributed by atoms with Crippen LogP contribution >= 0.6 is 11.8 Å². The molecule has 2 aliphatic rings. The molecule has 3 aromatic carbocycles. The van der Waals surface area contributed by atoms with E-state index in [4.69, 9.17) is 4.74 Å². The second-order valence-corrected chi connectivity index (χ2v) is 10.6. The number of fused-ring (bicyclic) bond motifs is 2. The standard InChI is InChI=1S/C31H27N3O4S/c35-29(33-15-14-22-8-4-5-9-23(22)19-33)21-34-30(36)28(39-31(34)37)18-24-20-32(27-13-7-6-12-26(24)27)16-17-38-25-10-2-1-3-11-25/h1-13,18,20H,14-17,19,21H2/b28-18-. The molecule has 0 radical (unpaired) electrons. The van der Waals surface area contributed by atoms with Gasteiger partial charge in [-0.3, -0.25) is 19.3 Å². The number of thioether (sulfide) groups is 1. The maximum Gasteiger partial charge on any atom is 0.294 e. The summed E-state index contributed by atoms with van der Waals surface area (Å²) >= 11 is 0.881. The predicted molar refractivity (Wildman–Crippen MR) is 152 cm³/mol. The normalized spacial score (nSPS) is 16.3. The highest BCUT2D eigenvalue weighted by molar-refractivity contribution is 8.18. The van der Waals surface area contributed by atoms with Crippen LogP contribution in [0.4, 0.5) is 4.79 Å². The van der Waals surface area contributed by atoms with Gasteiger partial charge in [0.2, 0.25) is 5.91 Å². The third kappa shape index (κ3) is 5.20. The number of carbonyl (C=O) groups is 3. The van der Waals surface area contributed by atoms with E-state index in [1.54, 1.807) is 11.0 Å². The summed E-state index contributed by atoms with van der Waals surface area (Å²) in [5.41, 5.74) is 4.20. The van der Waals surface area contributed by atoms with E-state index in [2.05, 4.69) is 10.6 Å². The highest BCUT2D eigenvalue weighted by Gasteiger charge is 2.37. The molecule has 2 aliphatic heterocycles. The number of nitrogens with zero attached hydrogens (tertiary/aromatic N) is 3. The van der Waals surface area contributed by atoms with Gasteiger partial charge in [0.1, 0.15) is 18.9 Å². The van der Waals surface area contributed by atoms with Gasteiger partial charge in [-0.05, 0) is 53.6 Å². The quantitative estimate of drug-likeness (QED) is 0.298. The summed E-state index contributed by atoms with van der Waals surface area (Å²) in [7, 11) is 0. The zero-order valence-electron chi connectivity index (χ0n) is 21.3. The molecule has 0 atom stereocenters. The lowest BCUT2D eigenvalue weighted by atomic mass is 10.00. The van der Waals surface area contributed by atoms with Crippen molar-refractivity contribution >= 4 is 45.8 Å². The fourth-order valence-corrected chi connectivity index (χ4v) is 5.90. The second-order valence-electron chi connectivity index (χ2n) is 9.56. The van der Waals surface area contributed by atoms with E-state index in [-0.39, 0.29) is 12.5 Å². The van der Waals surface area contributed by atoms with Crippen LogP contribution in [0.3, 0.4) is 0 Å². The van der Waals surface area contributed by atoms with Crippen molar-refractivity contribution in [3.8, 4) is 5.75 Å². The first-order chi connectivity index (χ1) is 19.1. The van der Waals surface area contributed by atoms with E-state index in [0.717, 1.165) is 50.9 Å². The zero-order valence-corrected chi connectivity index (χ0v) is 22.1. The molecule has 196 valence electrons. The number of ether oxygens (including phenoxy) is 1. The van der Waals surface area contributed by atoms with Gasteiger partial charge in [-0.2, -0.15) is 0 Å². The number of imide groups is 1. The Hall–Kier alpha value is -4.30. The number of benzene rings is 3. The lowest BCUT2D eigenvalue weighted by Crippen LogP contribution is -2.44. The molecule has 39 heavy (non-hydrogen) atoms. The van der Waals surface area contributed by atoms with Gasteiger partial charge in [-0.15, -0.1) is 0 Å². The molecular weight excluding hydrogens is 510 g/mol. The first kappa shape index (κ1) is 25.0. The molecule has 1 saturated heterocycles. The Morgan fingerprint density at radius 2 is 1.67 bits per heavy atom. The zero-order chi connectivity index (χ0) is 26.8. The summed E-state index contributed by atoms with van der Waals surface area (Å²) in [4.78, 5) is 42.1. The number of hydrogen-bond donors (Lipinski definition) is 0. The highest BCUT2D eigenvalue weighted by atomic mass is 32.2. The van der Waals surface area contributed by atoms with Gasteiger partial charge in [0.25, 0.3) is 11.1 Å². The van der Waals surface area contributed by atoms with Crippen molar-refractivity contribution in [3.63, 3.8) is 0 Å². The molecule has 0 saturated carbocycles. The smallest absolute Gasteiger partial charge is 0.294 e. The summed E-state index contributed by atoms with van der Waals surface area (Å²) in [5, 5.41) is 0.559. The summed E-state index contributed by atoms with van der Waals surface area (Å²) in [6.45, 7) is 1.94. The van der Waals surface area contributed by atoms with Crippen LogP contribution in [-0.2, 0) is 29.1 Å². The Bertz CT molecular complexity index is 1590. The maximum atomic E-state index is 13.2. The first-order valence-corrected chi connectivity index (χ1v) is 13.7. The average Bonchev–Trinajstić information content (AvgIpc) is 3.45. The number of carbonyl (C=O) groups excluding carboxylic acids is 3. The van der Waals surface area contributed by atoms with Crippen molar-refractivity contribution in [2.75, 3.05) is 19.7 Å². The topological polar surface area (TPSA) is 71.9 Å². The molecule has 0 aliphatic carbocycles. The fraction of sp³-hybridized carbons (Fsp3) is 0.194. The van der Waals surface area contributed by atoms with E-state index in [1.165, 1.54) is 5.56 Å². The predicted octanol–water partition coefficient (Wildman–Crippen LogP) is 5.34. The molecule has 7 nitrogen and oxygen atoms in total. The lowest BCUT2D eigenvalue weighted by molar-refractivity contribution is -0.136. The van der Waals surface area contributed by atoms with Gasteiger partial charge in [0, 0.05) is 35.8 Å². The minimum Gasteiger partial charge on any atom is -0.492 e. The Morgan fingerprint density at radius 1 is 0.923 bits per heavy atom. The molecule has 1 aromatic heterocycles. The van der Waals surface area contributed by atoms with E-state index in [9.17, 15) is 14.4 Å². The van der Waals surface area contributed by atoms with Crippen LogP contribution < -0.4 is 4.74 Å². The van der Waals surface area contributed by atoms with Gasteiger partial charge in [0.05, 0.1) is 11.4 Å². The SMILES string of the molecule is O=C(CN1C(=O)S/C(=C\c2cn(CCOc3ccccc3)c3ccccc23)C1=O)N1CCc2ccccc2C1. The Kier molecular flexibility index (Phi) is 6.94. The van der Waals surface area contributed by atoms with Crippen molar-refractivity contribution in [2.45, 2.75) is 19.5 Å². The number of hydrogen-bond acceptors (Lipinski definition) is 5. The largest absolute Gasteiger partial charge is 0.492 e. The van der Waals surface area contributed by atoms with Crippen molar-refractivity contribution in [1.29, 1.82) is 0 Å². The molecule has 0 N–H and O–H groups in total. The van der Waals surface area contributed by atoms with Crippen molar-refractivity contribution < 1.29 is 19.1 Å². The number of rotatable bonds is 7. The Morgan fingerprint density at radius 3 is 2.51 bits per heavy atom. The summed E-state index contributed by atoms with van der Waals surface area (Å²) < 4.78 is 7.96. The lowest BCUT2D eigenvalue weighted by Gasteiger charge is -2.29. The molecule has 3 amide bonds. The van der Waals surface area contributed by atoms with Gasteiger partial charge < -0.3 is 14.2 Å². The van der Waals surface area contributed by atoms with E-state index in [1.807, 2.05) is 79.0 Å². The molecule has 0 unspecified atom stereocenters. The van der Waals surface area contributed by atoms with E-state index >= 15 is 0 Å². The highest BCUT2D eigenvalue weighted by Crippen LogP contribution is 2.34. The first-order valence-electron chi connectivity index (χ1n) is 12.9. The molecule has 3 heterocycles. The van der Waals surface area contributed by atoms with Crippen LogP contribution in [0.1, 0.15) is 16.7 Å². The van der Waals surface area contributed by atoms with Gasteiger partial charge in [-0.1, -0.05) is 60.7 Å². The van der Waals surface area contributed by atoms with Crippen LogP contribution in [0.25, 0.3) is 17.0 Å². The summed E-state index contributed by atoms with van der Waals surface area (Å²) in [5.74, 6) is 0.161. The number of amides is 3. The molecule has 0 bridgehead atoms. The molecular formula is C31H27N3O4S. The van der Waals surface area contributed by atoms with Crippen LogP contribution in [0.5, 0.6) is 5.75 Å². The van der Waals surface area contributed by atoms with E-state index < -0.39 is 11.1 Å². The minimum atomic E-state index is -0.431. The van der Waals surface area contributed by atoms with Crippen LogP contribution in [0.2, 0.25) is 0 Å². The maximum absolute atomic E-state index is 13.2. The van der Waals surface area contributed by atoms with Crippen molar-refractivity contribution in [2.24, 2.45) is 0 Å². The van der Waals surface area contributed by atoms with Crippen LogP contribution in [0.15, 0.2) is 90.0 Å². The minimum absolute atomic E-state index is 0.219. The average molecular weight is 538 g/mol. The number of aromatic nitrogens is 1. The fourth-order valence-electron chi connectivity index (χ4n) is 5.08. The van der Waals surface area contributed by atoms with Crippen molar-refractivity contribution in [3.05, 3.63) is 107 Å². The van der Waals surface area contributed by atoms with Crippen molar-refractivity contribution in [1.82, 2.24) is 14.4 Å². The van der Waals surface area contributed by atoms with Crippen LogP contribution in [-0.4, -0.2) is 51.1 Å². The number of para-hydroxylation sites is 2. The Labute approximate surface area is 230 Å². The van der Waals surface area contributed by atoms with E-state index in [0.29, 0.717) is 31.1 Å². The summed E-state index contributed by atoms with van der Waals surface area (Å²) in [6.07, 6.45) is 4.50. The monoisotopic (exact) mass is 537 g/mol. The Balaban J connectivity index is 1.16. The van der Waals surface area contributed by atoms with Gasteiger partial charge in [0.15, 0.2) is 0 Å². The molecule has 6 rings (SSSR count). The van der Waals surface area contributed by atoms with Gasteiger partial charge >= 0.3 is 0 Å². The molecule has 1 fully saturated rings. The molecule has 4 aromatic rings. The second kappa shape index (κ2) is 10.8. The summed E-state index contributed by atoms with van der Waals surface area (Å²) in [6, 6.07) is 25.7. The van der Waals surface area contributed by atoms with Gasteiger partial charge in [-0.25, -0.2) is 0 Å². The third-order valence-electron chi connectivity index (χ3n) is 7.10.